The van der Waals surface area contributed by atoms with Gasteiger partial charge >= 0.3 is 0 Å². The summed E-state index contributed by atoms with van der Waals surface area (Å²) in [5, 5.41) is 4.15. The van der Waals surface area contributed by atoms with E-state index in [9.17, 15) is 4.79 Å². The highest BCUT2D eigenvalue weighted by molar-refractivity contribution is 7.99. The lowest BCUT2D eigenvalue weighted by atomic mass is 9.95. The van der Waals surface area contributed by atoms with E-state index in [4.69, 9.17) is 5.73 Å². The Morgan fingerprint density at radius 1 is 1.53 bits per heavy atom. The van der Waals surface area contributed by atoms with E-state index in [0.29, 0.717) is 6.42 Å². The summed E-state index contributed by atoms with van der Waals surface area (Å²) in [6.07, 6.45) is 5.03. The van der Waals surface area contributed by atoms with Crippen LogP contribution in [0.1, 0.15) is 33.6 Å². The number of carbonyl (C=O) groups excluding carboxylic acids is 1. The van der Waals surface area contributed by atoms with Crippen LogP contribution in [0.3, 0.4) is 0 Å². The van der Waals surface area contributed by atoms with Gasteiger partial charge in [-0.15, -0.1) is 0 Å². The third kappa shape index (κ3) is 5.16. The minimum atomic E-state index is -0.683. The highest BCUT2D eigenvalue weighted by Gasteiger charge is 2.32. The van der Waals surface area contributed by atoms with Gasteiger partial charge < -0.3 is 11.1 Å². The Morgan fingerprint density at radius 2 is 2.16 bits per heavy atom. The Labute approximate surface area is 118 Å². The zero-order valence-corrected chi connectivity index (χ0v) is 12.5. The van der Waals surface area contributed by atoms with Crippen LogP contribution in [0, 0.1) is 0 Å². The van der Waals surface area contributed by atoms with Crippen molar-refractivity contribution in [3.63, 3.8) is 0 Å². The molecule has 0 aliphatic carbocycles. The second-order valence-electron chi connectivity index (χ2n) is 4.79. The molecule has 1 rings (SSSR count). The van der Waals surface area contributed by atoms with Crippen LogP contribution in [0.2, 0.25) is 0 Å². The van der Waals surface area contributed by atoms with Gasteiger partial charge in [-0.3, -0.25) is 4.79 Å². The van der Waals surface area contributed by atoms with Gasteiger partial charge in [0.2, 0.25) is 5.91 Å². The molecule has 1 aromatic heterocycles. The molecule has 1 heterocycles. The summed E-state index contributed by atoms with van der Waals surface area (Å²) in [4.78, 5) is 20.0. The lowest BCUT2D eigenvalue weighted by Crippen LogP contribution is -2.54. The lowest BCUT2D eigenvalue weighted by molar-refractivity contribution is -0.124. The maximum Gasteiger partial charge on any atom is 0.237 e. The highest BCUT2D eigenvalue weighted by Crippen LogP contribution is 2.26. The van der Waals surface area contributed by atoms with Crippen LogP contribution in [0.15, 0.2) is 23.6 Å². The van der Waals surface area contributed by atoms with E-state index < -0.39 is 5.54 Å². The normalized spacial score (nSPS) is 15.7. The first-order valence-electron chi connectivity index (χ1n) is 6.46. The van der Waals surface area contributed by atoms with Crippen molar-refractivity contribution < 1.29 is 4.79 Å². The van der Waals surface area contributed by atoms with Gasteiger partial charge in [0.25, 0.3) is 0 Å². The molecular formula is C13H22N4OS. The van der Waals surface area contributed by atoms with Crippen molar-refractivity contribution in [1.82, 2.24) is 15.3 Å². The van der Waals surface area contributed by atoms with Crippen molar-refractivity contribution >= 4 is 17.7 Å². The first-order chi connectivity index (χ1) is 8.98. The van der Waals surface area contributed by atoms with Gasteiger partial charge in [0.15, 0.2) is 5.16 Å². The van der Waals surface area contributed by atoms with Crippen LogP contribution in [0.5, 0.6) is 0 Å². The zero-order chi connectivity index (χ0) is 14.3. The predicted molar refractivity (Wildman–Crippen MR) is 77.9 cm³/mol. The maximum absolute atomic E-state index is 11.6. The van der Waals surface area contributed by atoms with Crippen LogP contribution < -0.4 is 11.1 Å². The number of hydrogen-bond donors (Lipinski definition) is 2. The quantitative estimate of drug-likeness (QED) is 0.559. The number of nitrogens with zero attached hydrogens (tertiary/aromatic N) is 2. The Kier molecular flexibility index (Phi) is 6.24. The minimum absolute atomic E-state index is 0.198. The highest BCUT2D eigenvalue weighted by atomic mass is 32.2. The van der Waals surface area contributed by atoms with E-state index in [1.165, 1.54) is 0 Å². The molecule has 19 heavy (non-hydrogen) atoms. The molecule has 0 aliphatic rings. The molecule has 1 aromatic rings. The number of hydrogen-bond acceptors (Lipinski definition) is 5. The molecule has 2 atom stereocenters. The summed E-state index contributed by atoms with van der Waals surface area (Å²) in [7, 11) is 0. The topological polar surface area (TPSA) is 80.9 Å². The van der Waals surface area contributed by atoms with Gasteiger partial charge in [-0.1, -0.05) is 25.6 Å². The van der Waals surface area contributed by atoms with Crippen LogP contribution in [0.4, 0.5) is 0 Å². The SMILES string of the molecule is CCCNC(C)(CC(C)Sc1ncccn1)C(N)=O. The summed E-state index contributed by atoms with van der Waals surface area (Å²) >= 11 is 1.55. The standard InChI is InChI=1S/C13H22N4OS/c1-4-6-17-13(3,11(14)18)9-10(2)19-12-15-7-5-8-16-12/h5,7-8,10,17H,4,6,9H2,1-3H3,(H2,14,18). The Hall–Kier alpha value is -1.14. The number of rotatable bonds is 8. The van der Waals surface area contributed by atoms with Crippen molar-refractivity contribution in [2.24, 2.45) is 5.73 Å². The van der Waals surface area contributed by atoms with Crippen LogP contribution in [0.25, 0.3) is 0 Å². The van der Waals surface area contributed by atoms with Gasteiger partial charge in [0.05, 0.1) is 5.54 Å². The number of primary amides is 1. The monoisotopic (exact) mass is 282 g/mol. The third-order valence-corrected chi connectivity index (χ3v) is 3.84. The number of aromatic nitrogens is 2. The van der Waals surface area contributed by atoms with Gasteiger partial charge in [-0.05, 0) is 32.4 Å². The number of carbonyl (C=O) groups is 1. The molecule has 0 aliphatic heterocycles. The van der Waals surface area contributed by atoms with Gasteiger partial charge in [-0.25, -0.2) is 9.97 Å². The van der Waals surface area contributed by atoms with Crippen molar-refractivity contribution in [2.45, 2.75) is 49.6 Å². The second-order valence-corrected chi connectivity index (χ2v) is 6.19. The fraction of sp³-hybridized carbons (Fsp3) is 0.615. The van der Waals surface area contributed by atoms with E-state index in [0.717, 1.165) is 18.1 Å². The molecule has 0 saturated heterocycles. The fourth-order valence-corrected chi connectivity index (χ4v) is 2.82. The Balaban J connectivity index is 2.61. The predicted octanol–water partition coefficient (Wildman–Crippen LogP) is 1.59. The molecule has 3 N–H and O–H groups in total. The fourth-order valence-electron chi connectivity index (χ4n) is 1.80. The molecule has 0 radical (unpaired) electrons. The van der Waals surface area contributed by atoms with Crippen LogP contribution in [-0.2, 0) is 4.79 Å². The Morgan fingerprint density at radius 3 is 2.68 bits per heavy atom. The minimum Gasteiger partial charge on any atom is -0.368 e. The van der Waals surface area contributed by atoms with Crippen molar-refractivity contribution in [1.29, 1.82) is 0 Å². The average molecular weight is 282 g/mol. The van der Waals surface area contributed by atoms with Gasteiger partial charge in [0, 0.05) is 17.6 Å². The van der Waals surface area contributed by atoms with E-state index in [1.807, 2.05) is 6.92 Å². The van der Waals surface area contributed by atoms with Crippen LogP contribution >= 0.6 is 11.8 Å². The average Bonchev–Trinajstić information content (AvgIpc) is 2.37. The number of thioether (sulfide) groups is 1. The first-order valence-corrected chi connectivity index (χ1v) is 7.34. The molecule has 6 heteroatoms. The molecular weight excluding hydrogens is 260 g/mol. The van der Waals surface area contributed by atoms with E-state index in [-0.39, 0.29) is 11.2 Å². The number of amides is 1. The molecule has 106 valence electrons. The molecule has 2 unspecified atom stereocenters. The van der Waals surface area contributed by atoms with Crippen molar-refractivity contribution in [3.8, 4) is 0 Å². The molecule has 5 nitrogen and oxygen atoms in total. The van der Waals surface area contributed by atoms with Gasteiger partial charge in [-0.2, -0.15) is 0 Å². The lowest BCUT2D eigenvalue weighted by Gasteiger charge is -2.29. The summed E-state index contributed by atoms with van der Waals surface area (Å²) in [6.45, 7) is 6.74. The number of nitrogens with one attached hydrogen (secondary N) is 1. The summed E-state index contributed by atoms with van der Waals surface area (Å²) < 4.78 is 0. The van der Waals surface area contributed by atoms with E-state index >= 15 is 0 Å². The molecule has 0 spiro atoms. The molecule has 0 fully saturated rings. The van der Waals surface area contributed by atoms with Crippen molar-refractivity contribution in [2.75, 3.05) is 6.54 Å². The molecule has 0 saturated carbocycles. The summed E-state index contributed by atoms with van der Waals surface area (Å²) in [5.74, 6) is -0.317. The number of nitrogens with two attached hydrogens (primary N) is 1. The molecule has 0 bridgehead atoms. The van der Waals surface area contributed by atoms with E-state index in [2.05, 4.69) is 29.1 Å². The zero-order valence-electron chi connectivity index (χ0n) is 11.7. The Bertz CT molecular complexity index is 401. The first kappa shape index (κ1) is 15.9. The molecule has 0 aromatic carbocycles. The largest absolute Gasteiger partial charge is 0.368 e. The summed E-state index contributed by atoms with van der Waals surface area (Å²) in [6, 6.07) is 1.78. The van der Waals surface area contributed by atoms with Crippen molar-refractivity contribution in [3.05, 3.63) is 18.5 Å². The van der Waals surface area contributed by atoms with Crippen LogP contribution in [-0.4, -0.2) is 33.2 Å². The third-order valence-electron chi connectivity index (χ3n) is 2.85. The van der Waals surface area contributed by atoms with E-state index in [1.54, 1.807) is 30.2 Å². The smallest absolute Gasteiger partial charge is 0.237 e. The maximum atomic E-state index is 11.6. The second kappa shape index (κ2) is 7.45. The van der Waals surface area contributed by atoms with Gasteiger partial charge in [0.1, 0.15) is 0 Å². The summed E-state index contributed by atoms with van der Waals surface area (Å²) in [5.41, 5.74) is 4.83. The molecule has 1 amide bonds.